The number of nitrogens with zero attached hydrogens (tertiary/aromatic N) is 2. The molecule has 42 heavy (non-hydrogen) atoms. The third-order valence-electron chi connectivity index (χ3n) is 7.09. The molecule has 4 amide bonds. The van der Waals surface area contributed by atoms with Gasteiger partial charge in [-0.15, -0.1) is 11.3 Å². The first-order valence-corrected chi connectivity index (χ1v) is 14.7. The van der Waals surface area contributed by atoms with Crippen molar-refractivity contribution in [2.45, 2.75) is 45.7 Å². The van der Waals surface area contributed by atoms with Crippen LogP contribution in [0.15, 0.2) is 60.8 Å². The van der Waals surface area contributed by atoms with E-state index in [1.54, 1.807) is 24.2 Å². The molecule has 0 fully saturated rings. The lowest BCUT2D eigenvalue weighted by Gasteiger charge is -2.30. The Balaban J connectivity index is 1.42. The van der Waals surface area contributed by atoms with E-state index < -0.39 is 0 Å². The number of pyridine rings is 1. The van der Waals surface area contributed by atoms with E-state index in [1.807, 2.05) is 69.3 Å². The van der Waals surface area contributed by atoms with E-state index in [2.05, 4.69) is 26.3 Å². The summed E-state index contributed by atoms with van der Waals surface area (Å²) >= 11 is 1.23. The van der Waals surface area contributed by atoms with Gasteiger partial charge in [0.25, 0.3) is 5.91 Å². The van der Waals surface area contributed by atoms with E-state index in [-0.39, 0.29) is 36.5 Å². The number of hydrogen-bond acceptors (Lipinski definition) is 7. The first-order chi connectivity index (χ1) is 20.3. The molecule has 0 saturated heterocycles. The van der Waals surface area contributed by atoms with Gasteiger partial charge in [-0.05, 0) is 69.3 Å². The topological polar surface area (TPSA) is 125 Å². The predicted molar refractivity (Wildman–Crippen MR) is 166 cm³/mol. The lowest BCUT2D eigenvalue weighted by atomic mass is 10.0. The van der Waals surface area contributed by atoms with Gasteiger partial charge in [0.15, 0.2) is 0 Å². The highest BCUT2D eigenvalue weighted by molar-refractivity contribution is 7.21. The molecule has 0 saturated carbocycles. The zero-order valence-electron chi connectivity index (χ0n) is 24.0. The van der Waals surface area contributed by atoms with Gasteiger partial charge in [0.1, 0.15) is 21.2 Å². The molecule has 0 bridgehead atoms. The first-order valence-electron chi connectivity index (χ1n) is 13.9. The molecular weight excluding hydrogens is 552 g/mol. The van der Waals surface area contributed by atoms with E-state index in [1.165, 1.54) is 11.3 Å². The third-order valence-corrected chi connectivity index (χ3v) is 8.18. The number of benzene rings is 2. The fourth-order valence-electron chi connectivity index (χ4n) is 5.10. The number of ether oxygens (including phenoxy) is 1. The molecule has 2 atom stereocenters. The van der Waals surface area contributed by atoms with Crippen molar-refractivity contribution in [3.8, 4) is 11.5 Å². The van der Waals surface area contributed by atoms with Crippen LogP contribution in [0.3, 0.4) is 0 Å². The predicted octanol–water partition coefficient (Wildman–Crippen LogP) is 5.70. The van der Waals surface area contributed by atoms with Crippen molar-refractivity contribution < 1.29 is 19.1 Å². The molecule has 218 valence electrons. The highest BCUT2D eigenvalue weighted by Gasteiger charge is 2.34. The van der Waals surface area contributed by atoms with Gasteiger partial charge in [0, 0.05) is 18.3 Å². The average molecular weight is 587 g/mol. The Kier molecular flexibility index (Phi) is 8.69. The standard InChI is InChI=1S/C31H34N6O4S/c1-5-9-22(35-25(38)17-32-4)19(3)34-29(39)28-27-26-24(14-15-33-30(26)42-28)37(31(40)36-27)23-13-12-21(16-18(23)2)41-20-10-7-6-8-11-20/h6-8,10-16,19,22,32H,5,9,17H2,1-4H3,(H,34,39)(H,35,38)(H,36,40)/t19-,22-/m1/s1. The van der Waals surface area contributed by atoms with Crippen molar-refractivity contribution in [3.05, 3.63) is 71.2 Å². The van der Waals surface area contributed by atoms with Crippen LogP contribution in [-0.4, -0.2) is 48.5 Å². The summed E-state index contributed by atoms with van der Waals surface area (Å²) in [6, 6.07) is 15.9. The molecule has 3 heterocycles. The second-order valence-corrected chi connectivity index (χ2v) is 11.2. The van der Waals surface area contributed by atoms with E-state index in [4.69, 9.17) is 4.74 Å². The van der Waals surface area contributed by atoms with Crippen molar-refractivity contribution in [2.75, 3.05) is 23.8 Å². The molecule has 4 aromatic rings. The number of aryl methyl sites for hydroxylation is 1. The Morgan fingerprint density at radius 2 is 1.86 bits per heavy atom. The van der Waals surface area contributed by atoms with Gasteiger partial charge in [-0.25, -0.2) is 9.78 Å². The molecule has 2 aromatic carbocycles. The fraction of sp³-hybridized carbons (Fsp3) is 0.290. The summed E-state index contributed by atoms with van der Waals surface area (Å²) in [7, 11) is 1.71. The highest BCUT2D eigenvalue weighted by atomic mass is 32.1. The third kappa shape index (κ3) is 5.93. The number of para-hydroxylation sites is 1. The van der Waals surface area contributed by atoms with Crippen LogP contribution in [0, 0.1) is 6.92 Å². The maximum atomic E-state index is 13.6. The van der Waals surface area contributed by atoms with Gasteiger partial charge in [-0.3, -0.25) is 14.5 Å². The Morgan fingerprint density at radius 3 is 2.57 bits per heavy atom. The number of nitrogens with one attached hydrogen (secondary N) is 4. The first kappa shape index (κ1) is 29.0. The van der Waals surface area contributed by atoms with Crippen LogP contribution in [-0.2, 0) is 4.79 Å². The summed E-state index contributed by atoms with van der Waals surface area (Å²) in [4.78, 5) is 46.4. The molecule has 5 rings (SSSR count). The van der Waals surface area contributed by atoms with Crippen molar-refractivity contribution >= 4 is 56.5 Å². The number of carbonyl (C=O) groups is 3. The second-order valence-electron chi connectivity index (χ2n) is 10.2. The van der Waals surface area contributed by atoms with E-state index in [0.717, 1.165) is 17.7 Å². The smallest absolute Gasteiger partial charge is 0.331 e. The summed E-state index contributed by atoms with van der Waals surface area (Å²) in [5.41, 5.74) is 2.62. The molecule has 0 unspecified atom stereocenters. The monoisotopic (exact) mass is 586 g/mol. The van der Waals surface area contributed by atoms with Gasteiger partial charge in [0.2, 0.25) is 5.91 Å². The lowest BCUT2D eigenvalue weighted by molar-refractivity contribution is -0.121. The maximum Gasteiger partial charge on any atom is 0.331 e. The van der Waals surface area contributed by atoms with Crippen LogP contribution >= 0.6 is 11.3 Å². The Morgan fingerprint density at radius 1 is 1.07 bits per heavy atom. The number of thiophene rings is 1. The SMILES string of the molecule is CCC[C@@H](NC(=O)CNC)[C@@H](C)NC(=O)c1sc2nccc3c2c1NC(=O)N3c1ccc(Oc2ccccc2)cc1C. The molecular formula is C31H34N6O4S. The average Bonchev–Trinajstić information content (AvgIpc) is 3.34. The highest BCUT2D eigenvalue weighted by Crippen LogP contribution is 2.46. The van der Waals surface area contributed by atoms with Crippen molar-refractivity contribution in [1.82, 2.24) is 20.9 Å². The molecule has 0 aliphatic carbocycles. The molecule has 0 radical (unpaired) electrons. The largest absolute Gasteiger partial charge is 0.457 e. The van der Waals surface area contributed by atoms with Gasteiger partial charge < -0.3 is 26.0 Å². The fourth-order valence-corrected chi connectivity index (χ4v) is 6.12. The van der Waals surface area contributed by atoms with Crippen LogP contribution in [0.25, 0.3) is 10.2 Å². The lowest BCUT2D eigenvalue weighted by Crippen LogP contribution is -2.51. The maximum absolute atomic E-state index is 13.6. The minimum atomic E-state index is -0.376. The summed E-state index contributed by atoms with van der Waals surface area (Å²) in [5, 5.41) is 12.5. The van der Waals surface area contributed by atoms with E-state index >= 15 is 0 Å². The normalized spacial score (nSPS) is 13.8. The summed E-state index contributed by atoms with van der Waals surface area (Å²) in [6.07, 6.45) is 3.20. The van der Waals surface area contributed by atoms with Gasteiger partial charge in [0.05, 0.1) is 29.0 Å². The number of rotatable bonds is 11. The van der Waals surface area contributed by atoms with E-state index in [9.17, 15) is 14.4 Å². The minimum Gasteiger partial charge on any atom is -0.457 e. The molecule has 0 spiro atoms. The molecule has 11 heteroatoms. The number of aromatic nitrogens is 1. The van der Waals surface area contributed by atoms with Gasteiger partial charge in [-0.1, -0.05) is 31.5 Å². The van der Waals surface area contributed by atoms with Crippen molar-refractivity contribution in [3.63, 3.8) is 0 Å². The van der Waals surface area contributed by atoms with Crippen LogP contribution in [0.2, 0.25) is 0 Å². The number of carbonyl (C=O) groups excluding carboxylic acids is 3. The Hall–Kier alpha value is -4.48. The number of likely N-dealkylation sites (N-methyl/N-ethyl adjacent to an activating group) is 1. The molecule has 4 N–H and O–H groups in total. The number of anilines is 3. The zero-order valence-corrected chi connectivity index (χ0v) is 24.8. The summed E-state index contributed by atoms with van der Waals surface area (Å²) < 4.78 is 5.97. The van der Waals surface area contributed by atoms with Crippen LogP contribution in [0.1, 0.15) is 41.9 Å². The summed E-state index contributed by atoms with van der Waals surface area (Å²) in [5.74, 6) is 0.918. The summed E-state index contributed by atoms with van der Waals surface area (Å²) in [6.45, 7) is 6.02. The number of amides is 4. The van der Waals surface area contributed by atoms with Gasteiger partial charge >= 0.3 is 6.03 Å². The quantitative estimate of drug-likeness (QED) is 0.179. The second kappa shape index (κ2) is 12.6. The molecule has 2 aromatic heterocycles. The van der Waals surface area contributed by atoms with E-state index in [0.29, 0.717) is 44.3 Å². The number of urea groups is 1. The van der Waals surface area contributed by atoms with Crippen molar-refractivity contribution in [2.24, 2.45) is 0 Å². The molecule has 10 nitrogen and oxygen atoms in total. The molecule has 1 aliphatic heterocycles. The molecule has 1 aliphatic rings. The van der Waals surface area contributed by atoms with Crippen LogP contribution < -0.4 is 30.9 Å². The van der Waals surface area contributed by atoms with Crippen molar-refractivity contribution in [1.29, 1.82) is 0 Å². The van der Waals surface area contributed by atoms with Gasteiger partial charge in [-0.2, -0.15) is 0 Å². The van der Waals surface area contributed by atoms with Crippen LogP contribution in [0.5, 0.6) is 11.5 Å². The Bertz CT molecular complexity index is 1620. The number of hydrogen-bond donors (Lipinski definition) is 4. The zero-order chi connectivity index (χ0) is 29.8. The van der Waals surface area contributed by atoms with Crippen LogP contribution in [0.4, 0.5) is 21.9 Å². The Labute approximate surface area is 248 Å². The minimum absolute atomic E-state index is 0.134.